The van der Waals surface area contributed by atoms with Gasteiger partial charge >= 0.3 is 0 Å². The van der Waals surface area contributed by atoms with Crippen LogP contribution in [-0.2, 0) is 5.75 Å². The monoisotopic (exact) mass is 376 g/mol. The maximum Gasteiger partial charge on any atom is 0.257 e. The summed E-state index contributed by atoms with van der Waals surface area (Å²) in [6.45, 7) is 0. The number of nitrogens with one attached hydrogen (secondary N) is 2. The first-order chi connectivity index (χ1) is 13.2. The third-order valence-electron chi connectivity index (χ3n) is 4.01. The number of carbonyl (C=O) groups excluding carboxylic acids is 1. The summed E-state index contributed by atoms with van der Waals surface area (Å²) in [6.07, 6.45) is 1.51. The van der Waals surface area contributed by atoms with Crippen LogP contribution in [0.4, 0.5) is 5.82 Å². The van der Waals surface area contributed by atoms with Crippen LogP contribution >= 0.6 is 11.8 Å². The Kier molecular flexibility index (Phi) is 4.76. The van der Waals surface area contributed by atoms with E-state index in [9.17, 15) is 9.90 Å². The van der Waals surface area contributed by atoms with Crippen molar-refractivity contribution in [3.8, 4) is 5.75 Å². The highest BCUT2D eigenvalue weighted by atomic mass is 32.2. The lowest BCUT2D eigenvalue weighted by atomic mass is 10.1. The Balaban J connectivity index is 1.52. The van der Waals surface area contributed by atoms with Crippen LogP contribution in [0.1, 0.15) is 15.9 Å². The van der Waals surface area contributed by atoms with Crippen LogP contribution in [0.2, 0.25) is 0 Å². The average molecular weight is 376 g/mol. The summed E-state index contributed by atoms with van der Waals surface area (Å²) < 4.78 is 0. The Morgan fingerprint density at radius 3 is 2.74 bits per heavy atom. The number of aromatic nitrogens is 3. The van der Waals surface area contributed by atoms with Gasteiger partial charge in [-0.05, 0) is 35.9 Å². The van der Waals surface area contributed by atoms with Gasteiger partial charge in [0.2, 0.25) is 0 Å². The van der Waals surface area contributed by atoms with Crippen LogP contribution in [-0.4, -0.2) is 26.0 Å². The lowest BCUT2D eigenvalue weighted by molar-refractivity contribution is 0.102. The van der Waals surface area contributed by atoms with Crippen molar-refractivity contribution in [3.05, 3.63) is 78.0 Å². The van der Waals surface area contributed by atoms with Crippen LogP contribution in [0.25, 0.3) is 11.0 Å². The molecule has 4 aromatic rings. The number of fused-ring (bicyclic) bond motifs is 1. The van der Waals surface area contributed by atoms with Gasteiger partial charge in [0.15, 0.2) is 16.7 Å². The second-order valence-corrected chi connectivity index (χ2v) is 6.79. The molecule has 0 spiro atoms. The topological polar surface area (TPSA) is 90.9 Å². The molecule has 27 heavy (non-hydrogen) atoms. The number of thioether (sulfide) groups is 1. The van der Waals surface area contributed by atoms with E-state index in [2.05, 4.69) is 20.3 Å². The van der Waals surface area contributed by atoms with Crippen LogP contribution in [0.5, 0.6) is 5.75 Å². The highest BCUT2D eigenvalue weighted by molar-refractivity contribution is 7.98. The third-order valence-corrected chi connectivity index (χ3v) is 4.93. The first-order valence-corrected chi connectivity index (χ1v) is 9.30. The highest BCUT2D eigenvalue weighted by Gasteiger charge is 2.14. The second kappa shape index (κ2) is 7.51. The van der Waals surface area contributed by atoms with Gasteiger partial charge < -0.3 is 15.4 Å². The van der Waals surface area contributed by atoms with Gasteiger partial charge in [-0.15, -0.1) is 0 Å². The van der Waals surface area contributed by atoms with Gasteiger partial charge in [-0.1, -0.05) is 42.1 Å². The van der Waals surface area contributed by atoms with Crippen molar-refractivity contribution in [1.82, 2.24) is 15.0 Å². The van der Waals surface area contributed by atoms with Gasteiger partial charge in [-0.2, -0.15) is 0 Å². The fraction of sp³-hybridized carbons (Fsp3) is 0.0500. The van der Waals surface area contributed by atoms with Gasteiger partial charge in [0.05, 0.1) is 11.0 Å². The summed E-state index contributed by atoms with van der Waals surface area (Å²) in [4.78, 5) is 24.4. The third kappa shape index (κ3) is 3.78. The Morgan fingerprint density at radius 1 is 1.07 bits per heavy atom. The number of hydrogen-bond acceptors (Lipinski definition) is 5. The SMILES string of the molecule is O=C(Nc1ncccc1O)c1ccccc1CSc1nc2ccccc2[nH]1. The molecule has 1 amide bonds. The molecule has 0 radical (unpaired) electrons. The summed E-state index contributed by atoms with van der Waals surface area (Å²) in [6, 6.07) is 18.3. The summed E-state index contributed by atoms with van der Waals surface area (Å²) in [5.41, 5.74) is 3.30. The lowest BCUT2D eigenvalue weighted by Gasteiger charge is -2.10. The van der Waals surface area contributed by atoms with Crippen LogP contribution in [0.15, 0.2) is 72.0 Å². The number of amides is 1. The summed E-state index contributed by atoms with van der Waals surface area (Å²) >= 11 is 1.53. The van der Waals surface area contributed by atoms with E-state index in [1.165, 1.54) is 24.0 Å². The molecule has 2 aromatic carbocycles. The minimum atomic E-state index is -0.315. The minimum Gasteiger partial charge on any atom is -0.504 e. The average Bonchev–Trinajstić information content (AvgIpc) is 3.11. The number of anilines is 1. The molecule has 2 heterocycles. The number of pyridine rings is 1. The molecule has 0 saturated carbocycles. The zero-order valence-electron chi connectivity index (χ0n) is 14.2. The number of aromatic hydroxyl groups is 1. The standard InChI is InChI=1S/C20H16N4O2S/c25-17-10-5-11-21-18(17)24-19(26)14-7-2-1-6-13(14)12-27-20-22-15-8-3-4-9-16(15)23-20/h1-11,25H,12H2,(H,22,23)(H,21,24,26). The minimum absolute atomic E-state index is 0.0695. The molecule has 0 bridgehead atoms. The first kappa shape index (κ1) is 17.1. The number of nitrogens with zero attached hydrogens (tertiary/aromatic N) is 2. The van der Waals surface area contributed by atoms with E-state index in [4.69, 9.17) is 0 Å². The number of rotatable bonds is 5. The molecule has 134 valence electrons. The maximum absolute atomic E-state index is 12.6. The summed E-state index contributed by atoms with van der Waals surface area (Å²) in [7, 11) is 0. The van der Waals surface area contributed by atoms with Gasteiger partial charge in [0, 0.05) is 17.5 Å². The van der Waals surface area contributed by atoms with E-state index in [1.54, 1.807) is 12.1 Å². The molecule has 0 aliphatic rings. The van der Waals surface area contributed by atoms with Crippen molar-refractivity contribution in [2.75, 3.05) is 5.32 Å². The molecule has 0 saturated heterocycles. The zero-order chi connectivity index (χ0) is 18.6. The van der Waals surface area contributed by atoms with Gasteiger partial charge in [-0.3, -0.25) is 4.79 Å². The molecule has 0 atom stereocenters. The van der Waals surface area contributed by atoms with E-state index in [0.717, 1.165) is 21.8 Å². The summed E-state index contributed by atoms with van der Waals surface area (Å²) in [5, 5.41) is 13.3. The predicted octanol–water partition coefficient (Wildman–Crippen LogP) is 4.21. The normalized spacial score (nSPS) is 10.8. The largest absolute Gasteiger partial charge is 0.504 e. The first-order valence-electron chi connectivity index (χ1n) is 8.31. The predicted molar refractivity (Wildman–Crippen MR) is 106 cm³/mol. The zero-order valence-corrected chi connectivity index (χ0v) is 15.0. The molecule has 3 N–H and O–H groups in total. The Morgan fingerprint density at radius 2 is 1.89 bits per heavy atom. The lowest BCUT2D eigenvalue weighted by Crippen LogP contribution is -2.15. The number of benzene rings is 2. The molecule has 2 aromatic heterocycles. The van der Waals surface area contributed by atoms with Crippen molar-refractivity contribution < 1.29 is 9.90 Å². The molecule has 0 fully saturated rings. The second-order valence-electron chi connectivity index (χ2n) is 5.83. The number of aromatic amines is 1. The van der Waals surface area contributed by atoms with Gasteiger partial charge in [0.25, 0.3) is 5.91 Å². The number of para-hydroxylation sites is 2. The van der Waals surface area contributed by atoms with Crippen molar-refractivity contribution in [2.24, 2.45) is 0 Å². The molecule has 0 unspecified atom stereocenters. The van der Waals surface area contributed by atoms with Crippen molar-refractivity contribution in [2.45, 2.75) is 10.9 Å². The molecule has 0 aliphatic carbocycles. The quantitative estimate of drug-likeness (QED) is 0.454. The fourth-order valence-corrected chi connectivity index (χ4v) is 3.57. The van der Waals surface area contributed by atoms with Gasteiger partial charge in [0.1, 0.15) is 0 Å². The van der Waals surface area contributed by atoms with Crippen molar-refractivity contribution in [3.63, 3.8) is 0 Å². The molecular formula is C20H16N4O2S. The van der Waals surface area contributed by atoms with Crippen molar-refractivity contribution >= 4 is 34.5 Å². The maximum atomic E-state index is 12.6. The molecule has 4 rings (SSSR count). The van der Waals surface area contributed by atoms with E-state index in [1.807, 2.05) is 42.5 Å². The highest BCUT2D eigenvalue weighted by Crippen LogP contribution is 2.26. The number of carbonyl (C=O) groups is 1. The fourth-order valence-electron chi connectivity index (χ4n) is 2.68. The summed E-state index contributed by atoms with van der Waals surface area (Å²) in [5.74, 6) is 0.337. The number of imidazole rings is 1. The van der Waals surface area contributed by atoms with E-state index >= 15 is 0 Å². The van der Waals surface area contributed by atoms with E-state index in [-0.39, 0.29) is 17.5 Å². The Labute approximate surface area is 159 Å². The van der Waals surface area contributed by atoms with Crippen LogP contribution < -0.4 is 5.32 Å². The molecule has 7 heteroatoms. The van der Waals surface area contributed by atoms with Crippen LogP contribution in [0.3, 0.4) is 0 Å². The number of hydrogen-bond donors (Lipinski definition) is 3. The molecule has 0 aliphatic heterocycles. The Hall–Kier alpha value is -3.32. The smallest absolute Gasteiger partial charge is 0.257 e. The van der Waals surface area contributed by atoms with Crippen molar-refractivity contribution in [1.29, 1.82) is 0 Å². The van der Waals surface area contributed by atoms with E-state index < -0.39 is 0 Å². The van der Waals surface area contributed by atoms with Crippen LogP contribution in [0, 0.1) is 0 Å². The number of H-pyrrole nitrogens is 1. The Bertz CT molecular complexity index is 1080. The van der Waals surface area contributed by atoms with Gasteiger partial charge in [-0.25, -0.2) is 9.97 Å². The molecular weight excluding hydrogens is 360 g/mol. The van der Waals surface area contributed by atoms with E-state index in [0.29, 0.717) is 11.3 Å². The molecule has 6 nitrogen and oxygen atoms in total.